The van der Waals surface area contributed by atoms with E-state index < -0.39 is 11.8 Å². The monoisotopic (exact) mass is 422 g/mol. The lowest BCUT2D eigenvalue weighted by molar-refractivity contribution is -0.117. The summed E-state index contributed by atoms with van der Waals surface area (Å²) < 4.78 is 16.1. The Morgan fingerprint density at radius 2 is 2.00 bits per heavy atom. The Kier molecular flexibility index (Phi) is 5.59. The number of carbonyl (C=O) groups is 2. The van der Waals surface area contributed by atoms with Gasteiger partial charge in [-0.1, -0.05) is 6.07 Å². The number of benzene rings is 1. The Bertz CT molecular complexity index is 861. The molecule has 2 heterocycles. The molecule has 2 aromatic rings. The van der Waals surface area contributed by atoms with Crippen LogP contribution in [0.15, 0.2) is 45.1 Å². The highest BCUT2D eigenvalue weighted by Crippen LogP contribution is 2.33. The van der Waals surface area contributed by atoms with Crippen molar-refractivity contribution in [2.24, 2.45) is 0 Å². The van der Waals surface area contributed by atoms with Crippen LogP contribution in [0.5, 0.6) is 11.5 Å². The average Bonchev–Trinajstić information content (AvgIpc) is 3.27. The molecule has 0 saturated carbocycles. The standard InChI is InChI=1S/C17H15BrN2O6/c18-15-4-3-13(26-15)17(23)20-11(16(22)19-5-6-21)7-10-1-2-12-14(8-10)25-9-24-12/h1-4,7-8,21H,5-6,9H2,(H,19,22)(H,20,23). The van der Waals surface area contributed by atoms with Crippen molar-refractivity contribution >= 4 is 33.8 Å². The smallest absolute Gasteiger partial charge is 0.291 e. The van der Waals surface area contributed by atoms with Crippen LogP contribution >= 0.6 is 15.9 Å². The number of aliphatic hydroxyl groups excluding tert-OH is 1. The number of furan rings is 1. The topological polar surface area (TPSA) is 110 Å². The molecule has 9 heteroatoms. The van der Waals surface area contributed by atoms with Gasteiger partial charge in [-0.3, -0.25) is 9.59 Å². The summed E-state index contributed by atoms with van der Waals surface area (Å²) >= 11 is 3.12. The van der Waals surface area contributed by atoms with Crippen LogP contribution in [0.3, 0.4) is 0 Å². The first kappa shape index (κ1) is 18.0. The second-order valence-electron chi connectivity index (χ2n) is 5.21. The van der Waals surface area contributed by atoms with Gasteiger partial charge in [0.05, 0.1) is 6.61 Å². The first-order valence-electron chi connectivity index (χ1n) is 7.64. The molecule has 0 spiro atoms. The largest absolute Gasteiger partial charge is 0.454 e. The number of nitrogens with one attached hydrogen (secondary N) is 2. The molecule has 0 saturated heterocycles. The molecule has 0 bridgehead atoms. The zero-order chi connectivity index (χ0) is 18.5. The molecule has 1 aliphatic rings. The molecule has 136 valence electrons. The van der Waals surface area contributed by atoms with Gasteiger partial charge in [0.25, 0.3) is 11.8 Å². The van der Waals surface area contributed by atoms with E-state index >= 15 is 0 Å². The highest BCUT2D eigenvalue weighted by Gasteiger charge is 2.18. The second kappa shape index (κ2) is 8.07. The van der Waals surface area contributed by atoms with E-state index in [0.29, 0.717) is 21.7 Å². The van der Waals surface area contributed by atoms with E-state index in [9.17, 15) is 9.59 Å². The zero-order valence-electron chi connectivity index (χ0n) is 13.5. The Morgan fingerprint density at radius 3 is 2.73 bits per heavy atom. The molecule has 2 amide bonds. The first-order valence-corrected chi connectivity index (χ1v) is 8.43. The lowest BCUT2D eigenvalue weighted by Gasteiger charge is -2.10. The number of carbonyl (C=O) groups excluding carboxylic acids is 2. The molecule has 0 unspecified atom stereocenters. The molecule has 3 rings (SSSR count). The highest BCUT2D eigenvalue weighted by atomic mass is 79.9. The molecular formula is C17H15BrN2O6. The van der Waals surface area contributed by atoms with Crippen molar-refractivity contribution in [1.82, 2.24) is 10.6 Å². The highest BCUT2D eigenvalue weighted by molar-refractivity contribution is 9.10. The number of amides is 2. The van der Waals surface area contributed by atoms with Crippen LogP contribution in [-0.4, -0.2) is 36.9 Å². The lowest BCUT2D eigenvalue weighted by atomic mass is 10.1. The molecule has 1 aromatic carbocycles. The van der Waals surface area contributed by atoms with Crippen LogP contribution in [-0.2, 0) is 4.79 Å². The Morgan fingerprint density at radius 1 is 1.19 bits per heavy atom. The SMILES string of the molecule is O=C(NCCO)C(=Cc1ccc2c(c1)OCO2)NC(=O)c1ccc(Br)o1. The van der Waals surface area contributed by atoms with Crippen LogP contribution in [0.1, 0.15) is 16.1 Å². The Labute approximate surface area is 156 Å². The van der Waals surface area contributed by atoms with Gasteiger partial charge in [0, 0.05) is 6.54 Å². The van der Waals surface area contributed by atoms with Crippen LogP contribution in [0.2, 0.25) is 0 Å². The van der Waals surface area contributed by atoms with E-state index in [0.717, 1.165) is 0 Å². The third-order valence-corrected chi connectivity index (χ3v) is 3.82. The van der Waals surface area contributed by atoms with Crippen molar-refractivity contribution in [2.45, 2.75) is 0 Å². The molecule has 1 aliphatic heterocycles. The molecule has 0 atom stereocenters. The predicted molar refractivity (Wildman–Crippen MR) is 94.5 cm³/mol. The summed E-state index contributed by atoms with van der Waals surface area (Å²) in [5, 5.41) is 13.9. The summed E-state index contributed by atoms with van der Waals surface area (Å²) in [6.45, 7) is -0.0297. The Hall–Kier alpha value is -2.78. The van der Waals surface area contributed by atoms with Crippen molar-refractivity contribution < 1.29 is 28.6 Å². The van der Waals surface area contributed by atoms with Gasteiger partial charge in [-0.2, -0.15) is 0 Å². The van der Waals surface area contributed by atoms with Crippen LogP contribution in [0.4, 0.5) is 0 Å². The van der Waals surface area contributed by atoms with E-state index in [1.54, 1.807) is 24.3 Å². The van der Waals surface area contributed by atoms with Gasteiger partial charge in [0.1, 0.15) is 5.70 Å². The minimum atomic E-state index is -0.582. The maximum atomic E-state index is 12.3. The number of halogens is 1. The third kappa shape index (κ3) is 4.24. The maximum Gasteiger partial charge on any atom is 0.291 e. The second-order valence-corrected chi connectivity index (χ2v) is 5.99. The first-order chi connectivity index (χ1) is 12.6. The van der Waals surface area contributed by atoms with E-state index in [4.69, 9.17) is 19.0 Å². The van der Waals surface area contributed by atoms with Gasteiger partial charge in [-0.15, -0.1) is 0 Å². The number of hydrogen-bond acceptors (Lipinski definition) is 6. The van der Waals surface area contributed by atoms with Gasteiger partial charge >= 0.3 is 0 Å². The predicted octanol–water partition coefficient (Wildman–Crippen LogP) is 1.65. The zero-order valence-corrected chi connectivity index (χ0v) is 15.0. The number of rotatable bonds is 6. The number of hydrogen-bond donors (Lipinski definition) is 3. The summed E-state index contributed by atoms with van der Waals surface area (Å²) in [6.07, 6.45) is 1.49. The number of ether oxygens (including phenoxy) is 2. The quantitative estimate of drug-likeness (QED) is 0.610. The normalized spacial score (nSPS) is 12.8. The molecule has 0 radical (unpaired) electrons. The fourth-order valence-electron chi connectivity index (χ4n) is 2.21. The van der Waals surface area contributed by atoms with Crippen LogP contribution in [0, 0.1) is 0 Å². The van der Waals surface area contributed by atoms with Crippen LogP contribution < -0.4 is 20.1 Å². The van der Waals surface area contributed by atoms with Gasteiger partial charge in [-0.25, -0.2) is 0 Å². The summed E-state index contributed by atoms with van der Waals surface area (Å²) in [6, 6.07) is 8.17. The van der Waals surface area contributed by atoms with Gasteiger partial charge in [0.2, 0.25) is 6.79 Å². The van der Waals surface area contributed by atoms with Crippen molar-refractivity contribution in [1.29, 1.82) is 0 Å². The van der Waals surface area contributed by atoms with E-state index in [-0.39, 0.29) is 31.4 Å². The number of aliphatic hydroxyl groups is 1. The van der Waals surface area contributed by atoms with Crippen molar-refractivity contribution in [3.8, 4) is 11.5 Å². The lowest BCUT2D eigenvalue weighted by Crippen LogP contribution is -2.36. The van der Waals surface area contributed by atoms with Crippen LogP contribution in [0.25, 0.3) is 6.08 Å². The van der Waals surface area contributed by atoms with E-state index in [1.165, 1.54) is 12.1 Å². The molecule has 3 N–H and O–H groups in total. The molecule has 0 fully saturated rings. The average molecular weight is 423 g/mol. The van der Waals surface area contributed by atoms with E-state index in [2.05, 4.69) is 26.6 Å². The minimum absolute atomic E-state index is 0.00478. The van der Waals surface area contributed by atoms with Gasteiger partial charge in [-0.05, 0) is 51.8 Å². The number of fused-ring (bicyclic) bond motifs is 1. The fraction of sp³-hybridized carbons (Fsp3) is 0.176. The summed E-state index contributed by atoms with van der Waals surface area (Å²) in [5.74, 6) is 0.0778. The molecule has 26 heavy (non-hydrogen) atoms. The van der Waals surface area contributed by atoms with Gasteiger partial charge in [0.15, 0.2) is 21.9 Å². The maximum absolute atomic E-state index is 12.3. The molecule has 0 aliphatic carbocycles. The molecule has 8 nitrogen and oxygen atoms in total. The Balaban J connectivity index is 1.84. The summed E-state index contributed by atoms with van der Waals surface area (Å²) in [7, 11) is 0. The summed E-state index contributed by atoms with van der Waals surface area (Å²) in [4.78, 5) is 24.6. The molecular weight excluding hydrogens is 408 g/mol. The molecule has 1 aromatic heterocycles. The summed E-state index contributed by atoms with van der Waals surface area (Å²) in [5.41, 5.74) is 0.624. The van der Waals surface area contributed by atoms with Gasteiger partial charge < -0.3 is 29.6 Å². The minimum Gasteiger partial charge on any atom is -0.454 e. The fourth-order valence-corrected chi connectivity index (χ4v) is 2.52. The van der Waals surface area contributed by atoms with Crippen molar-refractivity contribution in [3.05, 3.63) is 52.0 Å². The van der Waals surface area contributed by atoms with Crippen molar-refractivity contribution in [2.75, 3.05) is 19.9 Å². The van der Waals surface area contributed by atoms with E-state index in [1.807, 2.05) is 0 Å². The van der Waals surface area contributed by atoms with Crippen molar-refractivity contribution in [3.63, 3.8) is 0 Å². The third-order valence-electron chi connectivity index (χ3n) is 3.39.